The molecule has 1 rings (SSSR count). The molecule has 1 heteroatoms. The molecule has 1 aromatic carbocycles. The van der Waals surface area contributed by atoms with E-state index < -0.39 is 0 Å². The van der Waals surface area contributed by atoms with E-state index in [4.69, 9.17) is 0 Å². The van der Waals surface area contributed by atoms with E-state index in [0.29, 0.717) is 0 Å². The molecule has 1 nitrogen and oxygen atoms in total. The summed E-state index contributed by atoms with van der Waals surface area (Å²) in [5.74, 6) is 0.227. The molecule has 0 aliphatic heterocycles. The van der Waals surface area contributed by atoms with Gasteiger partial charge in [-0.15, -0.1) is 0 Å². The second kappa shape index (κ2) is 4.82. The first-order valence-electron chi connectivity index (χ1n) is 6.06. The van der Waals surface area contributed by atoms with Crippen LogP contribution in [0.1, 0.15) is 56.1 Å². The lowest BCUT2D eigenvalue weighted by molar-refractivity contribution is 0.0858. The van der Waals surface area contributed by atoms with Gasteiger partial charge in [-0.05, 0) is 30.0 Å². The summed E-state index contributed by atoms with van der Waals surface area (Å²) in [6, 6.07) is 6.12. The molecular weight excluding hydrogens is 196 g/mol. The average molecular weight is 218 g/mol. The van der Waals surface area contributed by atoms with Gasteiger partial charge in [-0.2, -0.15) is 0 Å². The first kappa shape index (κ1) is 13.0. The molecule has 88 valence electrons. The van der Waals surface area contributed by atoms with Crippen LogP contribution in [0.5, 0.6) is 0 Å². The lowest BCUT2D eigenvalue weighted by Gasteiger charge is -2.17. The zero-order valence-electron chi connectivity index (χ0n) is 11.1. The molecule has 0 fully saturated rings. The molecular formula is C15H22O. The molecule has 0 unspecified atom stereocenters. The van der Waals surface area contributed by atoms with Crippen molar-refractivity contribution in [3.63, 3.8) is 0 Å². The van der Waals surface area contributed by atoms with Crippen molar-refractivity contribution in [2.24, 2.45) is 5.41 Å². The molecule has 0 spiro atoms. The Morgan fingerprint density at radius 3 is 2.06 bits per heavy atom. The molecule has 0 saturated heterocycles. The quantitative estimate of drug-likeness (QED) is 0.700. The molecule has 16 heavy (non-hydrogen) atoms. The van der Waals surface area contributed by atoms with Crippen molar-refractivity contribution in [2.45, 2.75) is 47.5 Å². The third-order valence-corrected chi connectivity index (χ3v) is 2.91. The van der Waals surface area contributed by atoms with Gasteiger partial charge >= 0.3 is 0 Å². The van der Waals surface area contributed by atoms with Crippen molar-refractivity contribution >= 4 is 5.78 Å². The van der Waals surface area contributed by atoms with E-state index in [1.165, 1.54) is 11.1 Å². The highest BCUT2D eigenvalue weighted by atomic mass is 16.1. The van der Waals surface area contributed by atoms with E-state index in [-0.39, 0.29) is 11.2 Å². The van der Waals surface area contributed by atoms with E-state index in [0.717, 1.165) is 18.4 Å². The Kier molecular flexibility index (Phi) is 3.90. The highest BCUT2D eigenvalue weighted by Crippen LogP contribution is 2.23. The highest BCUT2D eigenvalue weighted by molar-refractivity contribution is 6.00. The van der Waals surface area contributed by atoms with Gasteiger partial charge in [0, 0.05) is 11.0 Å². The Morgan fingerprint density at radius 1 is 1.06 bits per heavy atom. The summed E-state index contributed by atoms with van der Waals surface area (Å²) in [5.41, 5.74) is 3.21. The topological polar surface area (TPSA) is 17.1 Å². The molecule has 0 bridgehead atoms. The van der Waals surface area contributed by atoms with Gasteiger partial charge in [0.2, 0.25) is 0 Å². The summed E-state index contributed by atoms with van der Waals surface area (Å²) in [7, 11) is 0. The number of carbonyl (C=O) groups excluding carboxylic acids is 1. The predicted octanol–water partition coefficient (Wildman–Crippen LogP) is 4.04. The normalized spacial score (nSPS) is 11.6. The summed E-state index contributed by atoms with van der Waals surface area (Å²) in [4.78, 5) is 12.1. The van der Waals surface area contributed by atoms with Crippen molar-refractivity contribution in [2.75, 3.05) is 0 Å². The maximum absolute atomic E-state index is 12.1. The fraction of sp³-hybridized carbons (Fsp3) is 0.533. The van der Waals surface area contributed by atoms with Gasteiger partial charge in [-0.25, -0.2) is 0 Å². The Morgan fingerprint density at radius 2 is 1.62 bits per heavy atom. The predicted molar refractivity (Wildman–Crippen MR) is 69.0 cm³/mol. The van der Waals surface area contributed by atoms with Crippen LogP contribution in [-0.2, 0) is 12.8 Å². The van der Waals surface area contributed by atoms with Crippen LogP contribution in [0.3, 0.4) is 0 Å². The maximum atomic E-state index is 12.1. The van der Waals surface area contributed by atoms with Crippen molar-refractivity contribution in [1.82, 2.24) is 0 Å². The summed E-state index contributed by atoms with van der Waals surface area (Å²) in [5, 5.41) is 0. The first-order valence-corrected chi connectivity index (χ1v) is 6.06. The van der Waals surface area contributed by atoms with E-state index in [1.807, 2.05) is 26.8 Å². The third kappa shape index (κ3) is 2.72. The monoisotopic (exact) mass is 218 g/mol. The van der Waals surface area contributed by atoms with Crippen LogP contribution in [0.15, 0.2) is 18.2 Å². The van der Waals surface area contributed by atoms with E-state index in [9.17, 15) is 4.79 Å². The van der Waals surface area contributed by atoms with Crippen LogP contribution in [-0.4, -0.2) is 5.78 Å². The average Bonchev–Trinajstić information content (AvgIpc) is 2.25. The summed E-state index contributed by atoms with van der Waals surface area (Å²) >= 11 is 0. The Balaban J connectivity index is 3.13. The van der Waals surface area contributed by atoms with Gasteiger partial charge in [-0.3, -0.25) is 4.79 Å². The maximum Gasteiger partial charge on any atom is 0.168 e. The van der Waals surface area contributed by atoms with Crippen LogP contribution in [0.4, 0.5) is 0 Å². The van der Waals surface area contributed by atoms with Gasteiger partial charge in [0.05, 0.1) is 0 Å². The van der Waals surface area contributed by atoms with E-state index in [1.54, 1.807) is 0 Å². The van der Waals surface area contributed by atoms with Crippen molar-refractivity contribution < 1.29 is 4.79 Å². The largest absolute Gasteiger partial charge is 0.294 e. The van der Waals surface area contributed by atoms with Crippen molar-refractivity contribution in [1.29, 1.82) is 0 Å². The highest BCUT2D eigenvalue weighted by Gasteiger charge is 2.23. The Labute approximate surface area is 98.9 Å². The fourth-order valence-corrected chi connectivity index (χ4v) is 1.87. The van der Waals surface area contributed by atoms with Crippen molar-refractivity contribution in [3.05, 3.63) is 34.9 Å². The lowest BCUT2D eigenvalue weighted by Crippen LogP contribution is -2.20. The van der Waals surface area contributed by atoms with Crippen LogP contribution in [0.25, 0.3) is 0 Å². The minimum atomic E-state index is -0.293. The number of hydrogen-bond acceptors (Lipinski definition) is 1. The number of hydrogen-bond donors (Lipinski definition) is 0. The zero-order chi connectivity index (χ0) is 12.3. The molecule has 0 aliphatic carbocycles. The molecule has 0 radical (unpaired) electrons. The molecule has 0 N–H and O–H groups in total. The minimum absolute atomic E-state index is 0.227. The summed E-state index contributed by atoms with van der Waals surface area (Å²) in [6.45, 7) is 10.2. The first-order chi connectivity index (χ1) is 7.40. The standard InChI is InChI=1S/C15H22O/c1-6-11-8-9-13(10-12(11)7-2)14(16)15(3,4)5/h8-10H,6-7H2,1-5H3. The van der Waals surface area contributed by atoms with Gasteiger partial charge < -0.3 is 0 Å². The van der Waals surface area contributed by atoms with Crippen LogP contribution >= 0.6 is 0 Å². The summed E-state index contributed by atoms with van der Waals surface area (Å²) in [6.07, 6.45) is 2.03. The number of aryl methyl sites for hydroxylation is 2. The van der Waals surface area contributed by atoms with Gasteiger partial charge in [-0.1, -0.05) is 46.8 Å². The van der Waals surface area contributed by atoms with Gasteiger partial charge in [0.25, 0.3) is 0 Å². The van der Waals surface area contributed by atoms with E-state index in [2.05, 4.69) is 26.0 Å². The molecule has 0 aromatic heterocycles. The smallest absolute Gasteiger partial charge is 0.168 e. The molecule has 0 heterocycles. The molecule has 0 aliphatic rings. The van der Waals surface area contributed by atoms with Crippen molar-refractivity contribution in [3.8, 4) is 0 Å². The molecule has 1 aromatic rings. The minimum Gasteiger partial charge on any atom is -0.294 e. The van der Waals surface area contributed by atoms with Crippen LogP contribution < -0.4 is 0 Å². The van der Waals surface area contributed by atoms with Crippen LogP contribution in [0, 0.1) is 5.41 Å². The van der Waals surface area contributed by atoms with Gasteiger partial charge in [0.15, 0.2) is 5.78 Å². The number of benzene rings is 1. The van der Waals surface area contributed by atoms with Crippen LogP contribution in [0.2, 0.25) is 0 Å². The molecule has 0 saturated carbocycles. The summed E-state index contributed by atoms with van der Waals surface area (Å²) < 4.78 is 0. The van der Waals surface area contributed by atoms with E-state index >= 15 is 0 Å². The molecule has 0 atom stereocenters. The number of Topliss-reactive ketones (excluding diaryl/α,β-unsaturated/α-hetero) is 1. The fourth-order valence-electron chi connectivity index (χ4n) is 1.87. The number of carbonyl (C=O) groups is 1. The SMILES string of the molecule is CCc1ccc(C(=O)C(C)(C)C)cc1CC. The third-order valence-electron chi connectivity index (χ3n) is 2.91. The Hall–Kier alpha value is -1.11. The Bertz CT molecular complexity index is 383. The zero-order valence-corrected chi connectivity index (χ0v) is 11.1. The second-order valence-electron chi connectivity index (χ2n) is 5.27. The second-order valence-corrected chi connectivity index (χ2v) is 5.27. The molecule has 0 amide bonds. The van der Waals surface area contributed by atoms with Gasteiger partial charge in [0.1, 0.15) is 0 Å². The number of ketones is 1. The lowest BCUT2D eigenvalue weighted by atomic mass is 9.85. The number of rotatable bonds is 3.